The molecule has 0 aliphatic carbocycles. The van der Waals surface area contributed by atoms with Crippen molar-refractivity contribution in [3.05, 3.63) is 59.4 Å². The second kappa shape index (κ2) is 6.71. The number of benzene rings is 2. The fourth-order valence-corrected chi connectivity index (χ4v) is 1.84. The second-order valence-electron chi connectivity index (χ2n) is 4.69. The van der Waals surface area contributed by atoms with Crippen LogP contribution in [0.25, 0.3) is 0 Å². The fourth-order valence-electron chi connectivity index (χ4n) is 1.84. The first-order valence-electron chi connectivity index (χ1n) is 6.55. The summed E-state index contributed by atoms with van der Waals surface area (Å²) in [6, 6.07) is 10.8. The van der Waals surface area contributed by atoms with Gasteiger partial charge in [0, 0.05) is 0 Å². The van der Waals surface area contributed by atoms with Crippen LogP contribution in [-0.2, 0) is 4.79 Å². The third-order valence-corrected chi connectivity index (χ3v) is 2.87. The van der Waals surface area contributed by atoms with E-state index in [1.165, 1.54) is 24.3 Å². The molecule has 0 spiro atoms. The number of primary amides is 1. The molecule has 2 aromatic rings. The smallest absolute Gasteiger partial charge is 0.259 e. The van der Waals surface area contributed by atoms with E-state index in [0.29, 0.717) is 0 Å². The Kier molecular flexibility index (Phi) is 4.73. The third kappa shape index (κ3) is 3.82. The van der Waals surface area contributed by atoms with Gasteiger partial charge in [-0.25, -0.2) is 4.39 Å². The second-order valence-corrected chi connectivity index (χ2v) is 4.69. The van der Waals surface area contributed by atoms with Crippen molar-refractivity contribution in [2.75, 3.05) is 11.9 Å². The van der Waals surface area contributed by atoms with E-state index in [-0.39, 0.29) is 23.6 Å². The van der Waals surface area contributed by atoms with Crippen LogP contribution in [0, 0.1) is 12.7 Å². The molecule has 0 atom stereocenters. The monoisotopic (exact) mass is 302 g/mol. The molecule has 0 aromatic heterocycles. The standard InChI is InChI=1S/C16H15FN2O3/c1-10-6-7-13(12(17)8-10)19-16(21)11-4-2-3-5-14(11)22-9-15(18)20/h2-8H,9H2,1H3,(H2,18,20)(H,19,21). The lowest BCUT2D eigenvalue weighted by molar-refractivity contribution is -0.119. The first-order valence-corrected chi connectivity index (χ1v) is 6.55. The lowest BCUT2D eigenvalue weighted by Crippen LogP contribution is -2.21. The van der Waals surface area contributed by atoms with Crippen molar-refractivity contribution in [2.45, 2.75) is 6.92 Å². The zero-order chi connectivity index (χ0) is 16.1. The fraction of sp³-hybridized carbons (Fsp3) is 0.125. The first kappa shape index (κ1) is 15.5. The largest absolute Gasteiger partial charge is 0.483 e. The molecule has 5 nitrogen and oxygen atoms in total. The van der Waals surface area contributed by atoms with Gasteiger partial charge in [-0.3, -0.25) is 9.59 Å². The average Bonchev–Trinajstić information content (AvgIpc) is 2.48. The first-order chi connectivity index (χ1) is 10.5. The van der Waals surface area contributed by atoms with E-state index in [4.69, 9.17) is 10.5 Å². The molecular formula is C16H15FN2O3. The van der Waals surface area contributed by atoms with Crippen LogP contribution in [0.3, 0.4) is 0 Å². The Labute approximate surface area is 126 Å². The Morgan fingerprint density at radius 1 is 1.23 bits per heavy atom. The van der Waals surface area contributed by atoms with Crippen LogP contribution in [0.5, 0.6) is 5.75 Å². The van der Waals surface area contributed by atoms with E-state index >= 15 is 0 Å². The summed E-state index contributed by atoms with van der Waals surface area (Å²) in [5.74, 6) is -1.52. The molecule has 114 valence electrons. The van der Waals surface area contributed by atoms with Crippen molar-refractivity contribution in [3.8, 4) is 5.75 Å². The van der Waals surface area contributed by atoms with Crippen molar-refractivity contribution in [2.24, 2.45) is 5.73 Å². The van der Waals surface area contributed by atoms with Gasteiger partial charge >= 0.3 is 0 Å². The summed E-state index contributed by atoms with van der Waals surface area (Å²) >= 11 is 0. The van der Waals surface area contributed by atoms with Gasteiger partial charge in [0.15, 0.2) is 6.61 Å². The molecule has 0 bridgehead atoms. The maximum atomic E-state index is 13.8. The summed E-state index contributed by atoms with van der Waals surface area (Å²) in [5, 5.41) is 2.47. The number of para-hydroxylation sites is 1. The zero-order valence-electron chi connectivity index (χ0n) is 11.9. The quantitative estimate of drug-likeness (QED) is 0.888. The summed E-state index contributed by atoms with van der Waals surface area (Å²) in [4.78, 5) is 23.0. The minimum Gasteiger partial charge on any atom is -0.483 e. The highest BCUT2D eigenvalue weighted by Gasteiger charge is 2.14. The lowest BCUT2D eigenvalue weighted by atomic mass is 10.1. The van der Waals surface area contributed by atoms with E-state index < -0.39 is 17.6 Å². The molecule has 0 heterocycles. The van der Waals surface area contributed by atoms with Crippen LogP contribution >= 0.6 is 0 Å². The summed E-state index contributed by atoms with van der Waals surface area (Å²) in [7, 11) is 0. The maximum Gasteiger partial charge on any atom is 0.259 e. The highest BCUT2D eigenvalue weighted by molar-refractivity contribution is 6.06. The number of carbonyl (C=O) groups is 2. The molecule has 22 heavy (non-hydrogen) atoms. The normalized spacial score (nSPS) is 10.1. The predicted molar refractivity (Wildman–Crippen MR) is 80.2 cm³/mol. The van der Waals surface area contributed by atoms with E-state index in [9.17, 15) is 14.0 Å². The van der Waals surface area contributed by atoms with Gasteiger partial charge in [-0.05, 0) is 36.8 Å². The molecule has 3 N–H and O–H groups in total. The van der Waals surface area contributed by atoms with Crippen LogP contribution in [0.1, 0.15) is 15.9 Å². The molecule has 2 rings (SSSR count). The molecule has 0 saturated carbocycles. The number of carbonyl (C=O) groups excluding carboxylic acids is 2. The van der Waals surface area contributed by atoms with E-state index in [0.717, 1.165) is 5.56 Å². The molecule has 0 fully saturated rings. The number of aryl methyl sites for hydroxylation is 1. The van der Waals surface area contributed by atoms with Crippen LogP contribution in [-0.4, -0.2) is 18.4 Å². The number of ether oxygens (including phenoxy) is 1. The minimum absolute atomic E-state index is 0.0697. The summed E-state index contributed by atoms with van der Waals surface area (Å²) in [5.41, 5.74) is 6.01. The van der Waals surface area contributed by atoms with Crippen LogP contribution in [0.2, 0.25) is 0 Å². The Bertz CT molecular complexity index is 716. The molecule has 0 aliphatic rings. The lowest BCUT2D eigenvalue weighted by Gasteiger charge is -2.11. The average molecular weight is 302 g/mol. The number of nitrogens with two attached hydrogens (primary N) is 1. The summed E-state index contributed by atoms with van der Waals surface area (Å²) in [6.45, 7) is 1.41. The predicted octanol–water partition coefficient (Wildman–Crippen LogP) is 2.25. The molecule has 6 heteroatoms. The van der Waals surface area contributed by atoms with Crippen molar-refractivity contribution in [3.63, 3.8) is 0 Å². The topological polar surface area (TPSA) is 81.4 Å². The molecule has 0 unspecified atom stereocenters. The Morgan fingerprint density at radius 2 is 1.95 bits per heavy atom. The van der Waals surface area contributed by atoms with Gasteiger partial charge in [0.05, 0.1) is 11.3 Å². The van der Waals surface area contributed by atoms with Crippen molar-refractivity contribution in [1.82, 2.24) is 0 Å². The molecule has 0 saturated heterocycles. The van der Waals surface area contributed by atoms with Gasteiger partial charge in [0.2, 0.25) is 0 Å². The number of rotatable bonds is 5. The highest BCUT2D eigenvalue weighted by atomic mass is 19.1. The van der Waals surface area contributed by atoms with E-state index in [1.807, 2.05) is 0 Å². The van der Waals surface area contributed by atoms with Gasteiger partial charge in [-0.2, -0.15) is 0 Å². The van der Waals surface area contributed by atoms with E-state index in [2.05, 4.69) is 5.32 Å². The number of anilines is 1. The van der Waals surface area contributed by atoms with Crippen molar-refractivity contribution in [1.29, 1.82) is 0 Å². The van der Waals surface area contributed by atoms with Gasteiger partial charge in [0.25, 0.3) is 11.8 Å². The molecule has 0 aliphatic heterocycles. The van der Waals surface area contributed by atoms with Crippen LogP contribution in [0.4, 0.5) is 10.1 Å². The molecule has 2 amide bonds. The number of hydrogen-bond donors (Lipinski definition) is 2. The van der Waals surface area contributed by atoms with Gasteiger partial charge in [0.1, 0.15) is 11.6 Å². The Hall–Kier alpha value is -2.89. The molecule has 2 aromatic carbocycles. The number of halogens is 1. The van der Waals surface area contributed by atoms with Crippen molar-refractivity contribution >= 4 is 17.5 Å². The highest BCUT2D eigenvalue weighted by Crippen LogP contribution is 2.21. The van der Waals surface area contributed by atoms with Gasteiger partial charge < -0.3 is 15.8 Å². The SMILES string of the molecule is Cc1ccc(NC(=O)c2ccccc2OCC(N)=O)c(F)c1. The van der Waals surface area contributed by atoms with Crippen LogP contribution < -0.4 is 15.8 Å². The van der Waals surface area contributed by atoms with Crippen LogP contribution in [0.15, 0.2) is 42.5 Å². The number of amides is 2. The number of hydrogen-bond acceptors (Lipinski definition) is 3. The minimum atomic E-state index is -0.653. The Balaban J connectivity index is 2.20. The number of nitrogens with one attached hydrogen (secondary N) is 1. The van der Waals surface area contributed by atoms with Gasteiger partial charge in [-0.1, -0.05) is 18.2 Å². The third-order valence-electron chi connectivity index (χ3n) is 2.87. The zero-order valence-corrected chi connectivity index (χ0v) is 11.9. The summed E-state index contributed by atoms with van der Waals surface area (Å²) in [6.07, 6.45) is 0. The van der Waals surface area contributed by atoms with Crippen molar-refractivity contribution < 1.29 is 18.7 Å². The van der Waals surface area contributed by atoms with Gasteiger partial charge in [-0.15, -0.1) is 0 Å². The maximum absolute atomic E-state index is 13.8. The Morgan fingerprint density at radius 3 is 2.64 bits per heavy atom. The molecular weight excluding hydrogens is 287 g/mol. The molecule has 0 radical (unpaired) electrons. The summed E-state index contributed by atoms with van der Waals surface area (Å²) < 4.78 is 19.0. The van der Waals surface area contributed by atoms with E-state index in [1.54, 1.807) is 25.1 Å².